The van der Waals surface area contributed by atoms with E-state index >= 15 is 0 Å². The number of pyridine rings is 2. The van der Waals surface area contributed by atoms with Crippen molar-refractivity contribution in [3.05, 3.63) is 59.6 Å². The first kappa shape index (κ1) is 21.7. The number of rotatable bonds is 5. The largest absolute Gasteiger partial charge is 0.368 e. The fraction of sp³-hybridized carbons (Fsp3) is 0.238. The number of hydrogen-bond acceptors (Lipinski definition) is 8. The second-order valence-electron chi connectivity index (χ2n) is 7.66. The van der Waals surface area contributed by atoms with Crippen molar-refractivity contribution < 1.29 is 8.42 Å². The van der Waals surface area contributed by atoms with Crippen LogP contribution >= 0.6 is 15.9 Å². The smallest absolute Gasteiger partial charge is 0.228 e. The van der Waals surface area contributed by atoms with E-state index in [4.69, 9.17) is 0 Å². The van der Waals surface area contributed by atoms with Gasteiger partial charge in [0.05, 0.1) is 35.7 Å². The van der Waals surface area contributed by atoms with E-state index in [1.165, 1.54) is 10.6 Å². The maximum absolute atomic E-state index is 11.7. The highest BCUT2D eigenvalue weighted by Gasteiger charge is 2.23. The van der Waals surface area contributed by atoms with Gasteiger partial charge in [0.25, 0.3) is 0 Å². The quantitative estimate of drug-likeness (QED) is 0.421. The SMILES string of the molecule is CS(=O)(=O)N1CCN(c2ccc(Nc3nccc(-c4cnc5ccc(Br)cn45)n3)nc2)CC1. The average Bonchev–Trinajstić information content (AvgIpc) is 3.22. The molecular weight excluding hydrogens is 508 g/mol. The highest BCUT2D eigenvalue weighted by molar-refractivity contribution is 9.10. The molecule has 170 valence electrons. The van der Waals surface area contributed by atoms with Crippen LogP contribution in [-0.4, -0.2) is 69.5 Å². The van der Waals surface area contributed by atoms with Crippen molar-refractivity contribution >= 4 is 49.1 Å². The van der Waals surface area contributed by atoms with E-state index in [0.29, 0.717) is 37.9 Å². The molecule has 1 saturated heterocycles. The van der Waals surface area contributed by atoms with E-state index in [9.17, 15) is 8.42 Å². The molecule has 0 aliphatic carbocycles. The molecule has 10 nitrogen and oxygen atoms in total. The summed E-state index contributed by atoms with van der Waals surface area (Å²) in [6.07, 6.45) is 8.44. The molecule has 12 heteroatoms. The first-order valence-electron chi connectivity index (χ1n) is 10.3. The average molecular weight is 529 g/mol. The maximum Gasteiger partial charge on any atom is 0.228 e. The Morgan fingerprint density at radius 3 is 2.52 bits per heavy atom. The van der Waals surface area contributed by atoms with Crippen molar-refractivity contribution in [2.24, 2.45) is 0 Å². The predicted octanol–water partition coefficient (Wildman–Crippen LogP) is 2.77. The zero-order valence-corrected chi connectivity index (χ0v) is 20.2. The van der Waals surface area contributed by atoms with E-state index in [-0.39, 0.29) is 0 Å². The first-order valence-corrected chi connectivity index (χ1v) is 12.9. The molecule has 0 unspecified atom stereocenters. The predicted molar refractivity (Wildman–Crippen MR) is 130 cm³/mol. The van der Waals surface area contributed by atoms with Crippen molar-refractivity contribution in [2.45, 2.75) is 0 Å². The van der Waals surface area contributed by atoms with Crippen molar-refractivity contribution in [2.75, 3.05) is 42.7 Å². The third-order valence-corrected chi connectivity index (χ3v) is 7.22. The van der Waals surface area contributed by atoms with Crippen LogP contribution in [0.1, 0.15) is 0 Å². The van der Waals surface area contributed by atoms with Gasteiger partial charge in [0.1, 0.15) is 11.5 Å². The summed E-state index contributed by atoms with van der Waals surface area (Å²) in [5.74, 6) is 1.05. The number of anilines is 3. The number of hydrogen-bond donors (Lipinski definition) is 1. The monoisotopic (exact) mass is 528 g/mol. The van der Waals surface area contributed by atoms with Crippen LogP contribution in [-0.2, 0) is 10.0 Å². The van der Waals surface area contributed by atoms with Gasteiger partial charge < -0.3 is 10.2 Å². The summed E-state index contributed by atoms with van der Waals surface area (Å²) in [6.45, 7) is 2.20. The lowest BCUT2D eigenvalue weighted by Crippen LogP contribution is -2.48. The Morgan fingerprint density at radius 1 is 0.970 bits per heavy atom. The van der Waals surface area contributed by atoms with Gasteiger partial charge in [0, 0.05) is 43.0 Å². The molecule has 1 N–H and O–H groups in total. The second kappa shape index (κ2) is 8.69. The number of piperazine rings is 1. The third kappa shape index (κ3) is 4.68. The number of halogens is 1. The Bertz CT molecular complexity index is 1400. The number of fused-ring (bicyclic) bond motifs is 1. The van der Waals surface area contributed by atoms with Gasteiger partial charge in [-0.15, -0.1) is 0 Å². The summed E-state index contributed by atoms with van der Waals surface area (Å²) >= 11 is 3.49. The Morgan fingerprint density at radius 2 is 1.79 bits per heavy atom. The van der Waals surface area contributed by atoms with E-state index in [0.717, 1.165) is 27.2 Å². The summed E-state index contributed by atoms with van der Waals surface area (Å²) < 4.78 is 27.8. The Balaban J connectivity index is 1.30. The minimum Gasteiger partial charge on any atom is -0.368 e. The van der Waals surface area contributed by atoms with Crippen LogP contribution in [0, 0.1) is 0 Å². The Labute approximate surface area is 199 Å². The Kier molecular flexibility index (Phi) is 5.72. The summed E-state index contributed by atoms with van der Waals surface area (Å²) in [5, 5.41) is 3.14. The Hall–Kier alpha value is -3.09. The highest BCUT2D eigenvalue weighted by Crippen LogP contribution is 2.23. The highest BCUT2D eigenvalue weighted by atomic mass is 79.9. The lowest BCUT2D eigenvalue weighted by Gasteiger charge is -2.34. The van der Waals surface area contributed by atoms with Crippen molar-refractivity contribution in [3.8, 4) is 11.4 Å². The van der Waals surface area contributed by atoms with Crippen molar-refractivity contribution in [1.29, 1.82) is 0 Å². The molecule has 0 amide bonds. The van der Waals surface area contributed by atoms with Crippen molar-refractivity contribution in [3.63, 3.8) is 0 Å². The standard InChI is InChI=1S/C21H21BrN8O2S/c1-33(31,32)29-10-8-28(9-11-29)16-3-4-19(24-12-16)27-21-23-7-6-17(26-21)18-13-25-20-5-2-15(22)14-30(18)20/h2-7,12-14H,8-11H2,1H3,(H,23,24,26,27). The molecule has 33 heavy (non-hydrogen) atoms. The molecule has 1 aliphatic rings. The third-order valence-electron chi connectivity index (χ3n) is 5.45. The fourth-order valence-electron chi connectivity index (χ4n) is 3.75. The summed E-state index contributed by atoms with van der Waals surface area (Å²) in [7, 11) is -3.15. The van der Waals surface area contributed by atoms with E-state index in [1.54, 1.807) is 18.6 Å². The molecule has 5 rings (SSSR count). The van der Waals surface area contributed by atoms with Gasteiger partial charge in [0.2, 0.25) is 16.0 Å². The molecule has 1 aliphatic heterocycles. The molecule has 0 bridgehead atoms. The molecule has 0 radical (unpaired) electrons. The van der Waals surface area contributed by atoms with Gasteiger partial charge in [0.15, 0.2) is 0 Å². The number of sulfonamides is 1. The van der Waals surface area contributed by atoms with Crippen LogP contribution in [0.25, 0.3) is 17.0 Å². The molecule has 4 aromatic rings. The zero-order valence-electron chi connectivity index (χ0n) is 17.8. The van der Waals surface area contributed by atoms with Gasteiger partial charge >= 0.3 is 0 Å². The normalized spacial score (nSPS) is 15.2. The van der Waals surface area contributed by atoms with E-state index in [1.807, 2.05) is 40.9 Å². The fourth-order valence-corrected chi connectivity index (χ4v) is 4.91. The molecule has 0 aromatic carbocycles. The molecule has 1 fully saturated rings. The van der Waals surface area contributed by atoms with Crippen molar-refractivity contribution in [1.82, 2.24) is 28.6 Å². The number of nitrogens with one attached hydrogen (secondary N) is 1. The molecule has 0 saturated carbocycles. The second-order valence-corrected chi connectivity index (χ2v) is 10.6. The van der Waals surface area contributed by atoms with Crippen LogP contribution in [0.4, 0.5) is 17.5 Å². The minimum atomic E-state index is -3.15. The van der Waals surface area contributed by atoms with Gasteiger partial charge in [-0.2, -0.15) is 4.31 Å². The van der Waals surface area contributed by atoms with Gasteiger partial charge in [-0.3, -0.25) is 4.40 Å². The van der Waals surface area contributed by atoms with Crippen LogP contribution in [0.15, 0.2) is 59.6 Å². The lowest BCUT2D eigenvalue weighted by atomic mass is 10.3. The number of imidazole rings is 1. The van der Waals surface area contributed by atoms with Crippen LogP contribution in [0.3, 0.4) is 0 Å². The lowest BCUT2D eigenvalue weighted by molar-refractivity contribution is 0.388. The molecule has 0 atom stereocenters. The van der Waals surface area contributed by atoms with Crippen LogP contribution in [0.2, 0.25) is 0 Å². The summed E-state index contributed by atoms with van der Waals surface area (Å²) in [5.41, 5.74) is 3.36. The molecule has 0 spiro atoms. The first-order chi connectivity index (χ1) is 15.9. The van der Waals surface area contributed by atoms with Gasteiger partial charge in [-0.05, 0) is 46.3 Å². The molecule has 5 heterocycles. The van der Waals surface area contributed by atoms with E-state index in [2.05, 4.69) is 46.1 Å². The van der Waals surface area contributed by atoms with Gasteiger partial charge in [-0.25, -0.2) is 28.4 Å². The maximum atomic E-state index is 11.7. The van der Waals surface area contributed by atoms with Crippen LogP contribution in [0.5, 0.6) is 0 Å². The molecular formula is C21H21BrN8O2S. The number of aromatic nitrogens is 5. The molecule has 4 aromatic heterocycles. The van der Waals surface area contributed by atoms with E-state index < -0.39 is 10.0 Å². The number of nitrogens with zero attached hydrogens (tertiary/aromatic N) is 7. The minimum absolute atomic E-state index is 0.430. The van der Waals surface area contributed by atoms with Gasteiger partial charge in [-0.1, -0.05) is 0 Å². The van der Waals surface area contributed by atoms with Crippen LogP contribution < -0.4 is 10.2 Å². The zero-order chi connectivity index (χ0) is 23.0. The summed E-state index contributed by atoms with van der Waals surface area (Å²) in [6, 6.07) is 9.53. The summed E-state index contributed by atoms with van der Waals surface area (Å²) in [4.78, 5) is 20.0. The topological polar surface area (TPSA) is 109 Å².